The minimum absolute atomic E-state index is 0.610. The summed E-state index contributed by atoms with van der Waals surface area (Å²) in [5, 5.41) is 23.2. The lowest BCUT2D eigenvalue weighted by atomic mass is 9.89. The zero-order valence-electron chi connectivity index (χ0n) is 7.81. The Morgan fingerprint density at radius 2 is 2.07 bits per heavy atom. The van der Waals surface area contributed by atoms with Gasteiger partial charge in [0.2, 0.25) is 0 Å². The summed E-state index contributed by atoms with van der Waals surface area (Å²) in [5.41, 5.74) is 1.10. The number of nitrogens with zero attached hydrogens (tertiary/aromatic N) is 1. The Morgan fingerprint density at radius 3 is 2.64 bits per heavy atom. The van der Waals surface area contributed by atoms with Gasteiger partial charge < -0.3 is 20.3 Å². The molecular weight excluding hydrogens is 199 g/mol. The van der Waals surface area contributed by atoms with Crippen molar-refractivity contribution in [1.29, 1.82) is 0 Å². The second-order valence-electron chi connectivity index (χ2n) is 3.32. The normalized spacial score (nSPS) is 17.1. The smallest absolute Gasteiger partial charge is 0.423 e. The first kappa shape index (κ1) is 9.98. The quantitative estimate of drug-likeness (QED) is 0.541. The highest BCUT2D eigenvalue weighted by atomic mass is 32.1. The van der Waals surface area contributed by atoms with E-state index in [0.29, 0.717) is 4.78 Å². The lowest BCUT2D eigenvalue weighted by molar-refractivity contribution is 0.427. The topological polar surface area (TPSA) is 55.7 Å². The second-order valence-corrected chi connectivity index (χ2v) is 4.26. The number of anilines is 1. The molecule has 2 heterocycles. The number of thiophene rings is 1. The summed E-state index contributed by atoms with van der Waals surface area (Å²) >= 11 is 1.39. The van der Waals surface area contributed by atoms with E-state index in [-0.39, 0.29) is 0 Å². The van der Waals surface area contributed by atoms with E-state index in [2.05, 4.69) is 10.2 Å². The first-order valence-corrected chi connectivity index (χ1v) is 5.55. The predicted octanol–water partition coefficient (Wildman–Crippen LogP) is -1.16. The van der Waals surface area contributed by atoms with Crippen molar-refractivity contribution in [2.45, 2.75) is 0 Å². The van der Waals surface area contributed by atoms with E-state index < -0.39 is 7.12 Å². The van der Waals surface area contributed by atoms with Crippen LogP contribution in [-0.4, -0.2) is 43.3 Å². The van der Waals surface area contributed by atoms with Crippen LogP contribution in [0.1, 0.15) is 0 Å². The zero-order chi connectivity index (χ0) is 9.97. The molecule has 1 fully saturated rings. The molecule has 1 aromatic heterocycles. The number of piperazine rings is 1. The summed E-state index contributed by atoms with van der Waals surface area (Å²) in [6.45, 7) is 3.95. The molecule has 3 N–H and O–H groups in total. The van der Waals surface area contributed by atoms with Crippen LogP contribution in [0, 0.1) is 0 Å². The molecular formula is C8H13BN2O2S. The lowest BCUT2D eigenvalue weighted by Crippen LogP contribution is -2.43. The van der Waals surface area contributed by atoms with Gasteiger partial charge in [0.1, 0.15) is 0 Å². The molecule has 1 aliphatic rings. The van der Waals surface area contributed by atoms with Crippen LogP contribution in [0.15, 0.2) is 11.4 Å². The summed E-state index contributed by atoms with van der Waals surface area (Å²) in [6, 6.07) is 1.85. The van der Waals surface area contributed by atoms with E-state index in [9.17, 15) is 0 Å². The Balaban J connectivity index is 2.07. The lowest BCUT2D eigenvalue weighted by Gasteiger charge is -2.28. The molecule has 0 saturated carbocycles. The Kier molecular flexibility index (Phi) is 3.07. The number of hydrogen-bond acceptors (Lipinski definition) is 5. The van der Waals surface area contributed by atoms with E-state index in [0.717, 1.165) is 31.9 Å². The van der Waals surface area contributed by atoms with Gasteiger partial charge in [-0.3, -0.25) is 0 Å². The predicted molar refractivity (Wildman–Crippen MR) is 59.2 cm³/mol. The fraction of sp³-hybridized carbons (Fsp3) is 0.500. The van der Waals surface area contributed by atoms with E-state index in [4.69, 9.17) is 10.0 Å². The average Bonchev–Trinajstić information content (AvgIpc) is 2.68. The molecule has 0 spiro atoms. The van der Waals surface area contributed by atoms with Crippen molar-refractivity contribution in [3.8, 4) is 0 Å². The fourth-order valence-electron chi connectivity index (χ4n) is 1.57. The molecule has 1 aromatic rings. The standard InChI is InChI=1S/C8H13BN2O2S/c12-9(13)8-5-7(6-14-8)11-3-1-10-2-4-11/h5-6,10,12-13H,1-4H2. The monoisotopic (exact) mass is 212 g/mol. The summed E-state index contributed by atoms with van der Waals surface area (Å²) < 4.78 is 0.610. The Bertz CT molecular complexity index is 299. The molecule has 0 radical (unpaired) electrons. The molecule has 0 unspecified atom stereocenters. The van der Waals surface area contributed by atoms with Crippen molar-refractivity contribution in [1.82, 2.24) is 5.32 Å². The van der Waals surface area contributed by atoms with E-state index in [1.807, 2.05) is 11.4 Å². The molecule has 6 heteroatoms. The third-order valence-electron chi connectivity index (χ3n) is 2.34. The van der Waals surface area contributed by atoms with Crippen LogP contribution < -0.4 is 15.0 Å². The van der Waals surface area contributed by atoms with Gasteiger partial charge in [-0.25, -0.2) is 0 Å². The molecule has 4 nitrogen and oxygen atoms in total. The molecule has 0 aliphatic carbocycles. The Morgan fingerprint density at radius 1 is 1.36 bits per heavy atom. The molecule has 0 amide bonds. The van der Waals surface area contributed by atoms with E-state index >= 15 is 0 Å². The fourth-order valence-corrected chi connectivity index (χ4v) is 2.35. The first-order valence-electron chi connectivity index (χ1n) is 4.67. The van der Waals surface area contributed by atoms with Gasteiger partial charge in [-0.1, -0.05) is 0 Å². The largest absolute Gasteiger partial charge is 0.499 e. The van der Waals surface area contributed by atoms with Gasteiger partial charge in [-0.05, 0) is 6.07 Å². The van der Waals surface area contributed by atoms with Crippen molar-refractivity contribution in [2.24, 2.45) is 0 Å². The van der Waals surface area contributed by atoms with Gasteiger partial charge in [-0.2, -0.15) is 11.3 Å². The number of nitrogens with one attached hydrogen (secondary N) is 1. The highest BCUT2D eigenvalue weighted by Crippen LogP contribution is 2.16. The molecule has 14 heavy (non-hydrogen) atoms. The van der Waals surface area contributed by atoms with Gasteiger partial charge in [0.25, 0.3) is 0 Å². The molecule has 0 bridgehead atoms. The first-order chi connectivity index (χ1) is 6.77. The maximum absolute atomic E-state index is 8.97. The van der Waals surface area contributed by atoms with Crippen molar-refractivity contribution >= 4 is 28.9 Å². The van der Waals surface area contributed by atoms with Crippen molar-refractivity contribution < 1.29 is 10.0 Å². The zero-order valence-corrected chi connectivity index (χ0v) is 8.63. The summed E-state index contributed by atoms with van der Waals surface area (Å²) in [4.78, 5) is 2.25. The van der Waals surface area contributed by atoms with Crippen LogP contribution in [0.4, 0.5) is 5.69 Å². The maximum Gasteiger partial charge on any atom is 0.499 e. The van der Waals surface area contributed by atoms with Crippen LogP contribution in [0.25, 0.3) is 0 Å². The third-order valence-corrected chi connectivity index (χ3v) is 3.30. The van der Waals surface area contributed by atoms with Crippen molar-refractivity contribution in [3.63, 3.8) is 0 Å². The van der Waals surface area contributed by atoms with Crippen molar-refractivity contribution in [2.75, 3.05) is 31.1 Å². The van der Waals surface area contributed by atoms with Crippen LogP contribution in [0.3, 0.4) is 0 Å². The summed E-state index contributed by atoms with van der Waals surface area (Å²) in [7, 11) is -1.34. The maximum atomic E-state index is 8.97. The van der Waals surface area contributed by atoms with Gasteiger partial charge >= 0.3 is 7.12 Å². The number of hydrogen-bond donors (Lipinski definition) is 3. The highest BCUT2D eigenvalue weighted by molar-refractivity contribution is 7.20. The van der Waals surface area contributed by atoms with Crippen LogP contribution in [-0.2, 0) is 0 Å². The highest BCUT2D eigenvalue weighted by Gasteiger charge is 2.17. The van der Waals surface area contributed by atoms with Crippen LogP contribution >= 0.6 is 11.3 Å². The average molecular weight is 212 g/mol. The molecule has 76 valence electrons. The van der Waals surface area contributed by atoms with Crippen LogP contribution in [0.5, 0.6) is 0 Å². The minimum Gasteiger partial charge on any atom is -0.423 e. The van der Waals surface area contributed by atoms with E-state index in [1.165, 1.54) is 11.3 Å². The number of rotatable bonds is 2. The second kappa shape index (κ2) is 4.31. The molecule has 1 saturated heterocycles. The summed E-state index contributed by atoms with van der Waals surface area (Å²) in [6.07, 6.45) is 0. The van der Waals surface area contributed by atoms with Gasteiger partial charge in [0.15, 0.2) is 0 Å². The minimum atomic E-state index is -1.34. The Labute approximate surface area is 87.3 Å². The Hall–Kier alpha value is -0.555. The van der Waals surface area contributed by atoms with Crippen LogP contribution in [0.2, 0.25) is 0 Å². The molecule has 0 atom stereocenters. The molecule has 0 aromatic carbocycles. The molecule has 1 aliphatic heterocycles. The van der Waals surface area contributed by atoms with Gasteiger partial charge in [0, 0.05) is 42.0 Å². The van der Waals surface area contributed by atoms with Crippen molar-refractivity contribution in [3.05, 3.63) is 11.4 Å². The summed E-state index contributed by atoms with van der Waals surface area (Å²) in [5.74, 6) is 0. The molecule has 2 rings (SSSR count). The third kappa shape index (κ3) is 2.09. The SMILES string of the molecule is OB(O)c1cc(N2CCNCC2)cs1. The van der Waals surface area contributed by atoms with Gasteiger partial charge in [0.05, 0.1) is 0 Å². The van der Waals surface area contributed by atoms with Gasteiger partial charge in [-0.15, -0.1) is 0 Å². The van der Waals surface area contributed by atoms with E-state index in [1.54, 1.807) is 0 Å².